The van der Waals surface area contributed by atoms with Gasteiger partial charge in [0.1, 0.15) is 5.69 Å². The number of amides is 1. The van der Waals surface area contributed by atoms with Crippen molar-refractivity contribution >= 4 is 11.6 Å². The van der Waals surface area contributed by atoms with Gasteiger partial charge >= 0.3 is 0 Å². The zero-order valence-electron chi connectivity index (χ0n) is 18.3. The molecule has 0 saturated carbocycles. The lowest BCUT2D eigenvalue weighted by Crippen LogP contribution is -2.48. The van der Waals surface area contributed by atoms with Gasteiger partial charge in [-0.3, -0.25) is 14.8 Å². The Hall–Kier alpha value is -2.57. The van der Waals surface area contributed by atoms with Crippen molar-refractivity contribution in [2.75, 3.05) is 18.0 Å². The van der Waals surface area contributed by atoms with Gasteiger partial charge in [-0.25, -0.2) is 8.78 Å². The van der Waals surface area contributed by atoms with Crippen molar-refractivity contribution in [3.63, 3.8) is 0 Å². The molecule has 0 radical (unpaired) electrons. The minimum absolute atomic E-state index is 0.161. The average Bonchev–Trinajstić information content (AvgIpc) is 3.24. The highest BCUT2D eigenvalue weighted by Gasteiger charge is 2.38. The van der Waals surface area contributed by atoms with Crippen LogP contribution in [0.5, 0.6) is 0 Å². The van der Waals surface area contributed by atoms with Crippen molar-refractivity contribution in [1.82, 2.24) is 14.9 Å². The molecule has 2 aromatic heterocycles. The van der Waals surface area contributed by atoms with Crippen molar-refractivity contribution in [3.8, 4) is 0 Å². The molecule has 164 valence electrons. The number of nitrogens with zero attached hydrogens (tertiary/aromatic N) is 4. The van der Waals surface area contributed by atoms with Gasteiger partial charge in [0.15, 0.2) is 0 Å². The van der Waals surface area contributed by atoms with Crippen molar-refractivity contribution < 1.29 is 13.6 Å². The Morgan fingerprint density at radius 3 is 2.68 bits per heavy atom. The van der Waals surface area contributed by atoms with E-state index in [4.69, 9.17) is 4.98 Å². The summed E-state index contributed by atoms with van der Waals surface area (Å²) in [6.45, 7) is 9.37. The Morgan fingerprint density at radius 2 is 1.94 bits per heavy atom. The van der Waals surface area contributed by atoms with Crippen LogP contribution in [0.25, 0.3) is 0 Å². The molecule has 0 spiro atoms. The molecule has 5 rings (SSSR count). The monoisotopic (exact) mass is 426 g/mol. The maximum absolute atomic E-state index is 13.0. The third-order valence-electron chi connectivity index (χ3n) is 6.94. The number of carbonyl (C=O) groups is 1. The van der Waals surface area contributed by atoms with Crippen LogP contribution in [0.2, 0.25) is 0 Å². The van der Waals surface area contributed by atoms with Gasteiger partial charge in [0, 0.05) is 49.6 Å². The zero-order chi connectivity index (χ0) is 21.9. The van der Waals surface area contributed by atoms with E-state index in [0.29, 0.717) is 32.6 Å². The van der Waals surface area contributed by atoms with Gasteiger partial charge < -0.3 is 9.80 Å². The molecule has 7 heteroatoms. The third-order valence-corrected chi connectivity index (χ3v) is 6.94. The van der Waals surface area contributed by atoms with Crippen LogP contribution >= 0.6 is 0 Å². The largest absolute Gasteiger partial charge is 0.371 e. The molecule has 1 saturated heterocycles. The first-order valence-electron chi connectivity index (χ1n) is 11.0. The molecular weight excluding hydrogens is 398 g/mol. The van der Waals surface area contributed by atoms with E-state index in [1.165, 1.54) is 29.0 Å². The number of hydrogen-bond donors (Lipinski definition) is 0. The fourth-order valence-electron chi connectivity index (χ4n) is 5.34. The lowest BCUT2D eigenvalue weighted by molar-refractivity contribution is -0.133. The first-order valence-corrected chi connectivity index (χ1v) is 11.0. The minimum Gasteiger partial charge on any atom is -0.371 e. The van der Waals surface area contributed by atoms with Crippen LogP contribution in [0.3, 0.4) is 0 Å². The van der Waals surface area contributed by atoms with Crippen LogP contribution in [-0.2, 0) is 30.7 Å². The predicted molar refractivity (Wildman–Crippen MR) is 114 cm³/mol. The molecular formula is C24H28F2N4O. The van der Waals surface area contributed by atoms with Crippen molar-refractivity contribution in [3.05, 3.63) is 52.1 Å². The van der Waals surface area contributed by atoms with E-state index in [0.717, 1.165) is 29.9 Å². The molecule has 1 fully saturated rings. The van der Waals surface area contributed by atoms with Gasteiger partial charge in [0.25, 0.3) is 6.43 Å². The highest BCUT2D eigenvalue weighted by Crippen LogP contribution is 2.42. The summed E-state index contributed by atoms with van der Waals surface area (Å²) >= 11 is 0. The SMILES string of the molecule is Cc1nc2c(c3c1CC(C)(C)C3)CN(C(=O)CC1CN(c3ccnc(C(F)F)c3)C1)C2. The zero-order valence-corrected chi connectivity index (χ0v) is 18.3. The third kappa shape index (κ3) is 3.68. The topological polar surface area (TPSA) is 49.3 Å². The van der Waals surface area contributed by atoms with E-state index in [9.17, 15) is 13.6 Å². The van der Waals surface area contributed by atoms with Crippen LogP contribution in [0.1, 0.15) is 60.5 Å². The number of rotatable bonds is 4. The molecule has 0 aromatic carbocycles. The quantitative estimate of drug-likeness (QED) is 0.735. The second-order valence-corrected chi connectivity index (χ2v) is 10.1. The molecule has 1 aliphatic carbocycles. The Bertz CT molecular complexity index is 1050. The summed E-state index contributed by atoms with van der Waals surface area (Å²) in [4.78, 5) is 25.5. The van der Waals surface area contributed by atoms with E-state index < -0.39 is 6.43 Å². The van der Waals surface area contributed by atoms with E-state index in [-0.39, 0.29) is 22.9 Å². The van der Waals surface area contributed by atoms with Crippen molar-refractivity contribution in [1.29, 1.82) is 0 Å². The van der Waals surface area contributed by atoms with Crippen LogP contribution in [0.4, 0.5) is 14.5 Å². The highest BCUT2D eigenvalue weighted by atomic mass is 19.3. The fraction of sp³-hybridized carbons (Fsp3) is 0.542. The number of aromatic nitrogens is 2. The predicted octanol–water partition coefficient (Wildman–Crippen LogP) is 4.22. The molecule has 4 heterocycles. The summed E-state index contributed by atoms with van der Waals surface area (Å²) in [5, 5.41) is 0. The summed E-state index contributed by atoms with van der Waals surface area (Å²) in [5.74, 6) is 0.410. The summed E-state index contributed by atoms with van der Waals surface area (Å²) in [6, 6.07) is 3.19. The number of carbonyl (C=O) groups excluding carboxylic acids is 1. The second-order valence-electron chi connectivity index (χ2n) is 10.1. The maximum Gasteiger partial charge on any atom is 0.280 e. The van der Waals surface area contributed by atoms with E-state index in [1.54, 1.807) is 6.07 Å². The Balaban J connectivity index is 1.21. The number of aryl methyl sites for hydroxylation is 1. The Kier molecular flexibility index (Phi) is 4.75. The summed E-state index contributed by atoms with van der Waals surface area (Å²) < 4.78 is 25.8. The molecule has 0 bridgehead atoms. The lowest BCUT2D eigenvalue weighted by atomic mass is 9.90. The molecule has 1 amide bonds. The van der Waals surface area contributed by atoms with Gasteiger partial charge in [0.05, 0.1) is 12.2 Å². The first kappa shape index (κ1) is 20.3. The van der Waals surface area contributed by atoms with Gasteiger partial charge in [-0.15, -0.1) is 0 Å². The number of fused-ring (bicyclic) bond motifs is 3. The van der Waals surface area contributed by atoms with Crippen LogP contribution in [0, 0.1) is 18.3 Å². The van der Waals surface area contributed by atoms with E-state index >= 15 is 0 Å². The average molecular weight is 427 g/mol. The Labute approximate surface area is 181 Å². The van der Waals surface area contributed by atoms with Gasteiger partial charge in [0.2, 0.25) is 5.91 Å². The molecule has 0 N–H and O–H groups in total. The highest BCUT2D eigenvalue weighted by molar-refractivity contribution is 5.78. The molecule has 5 nitrogen and oxygen atoms in total. The number of halogens is 2. The number of pyridine rings is 2. The van der Waals surface area contributed by atoms with Gasteiger partial charge in [-0.1, -0.05) is 13.8 Å². The molecule has 0 unspecified atom stereocenters. The van der Waals surface area contributed by atoms with Gasteiger partial charge in [-0.2, -0.15) is 0 Å². The number of anilines is 1. The lowest BCUT2D eigenvalue weighted by Gasteiger charge is -2.41. The standard InChI is InChI=1S/C24H28F2N4O/c1-14-17-8-24(2,3)9-18(17)19-12-30(13-21(19)28-14)22(31)6-15-10-29(11-15)16-4-5-27-20(7-16)23(25)26/h4-5,7,15,23H,6,8-13H2,1-3H3. The van der Waals surface area contributed by atoms with Crippen molar-refractivity contribution in [2.45, 2.75) is 59.5 Å². The smallest absolute Gasteiger partial charge is 0.280 e. The molecule has 31 heavy (non-hydrogen) atoms. The fourth-order valence-corrected chi connectivity index (χ4v) is 5.34. The number of alkyl halides is 2. The van der Waals surface area contributed by atoms with Crippen LogP contribution in [-0.4, -0.2) is 33.9 Å². The summed E-state index contributed by atoms with van der Waals surface area (Å²) in [5.41, 5.74) is 7.06. The summed E-state index contributed by atoms with van der Waals surface area (Å²) in [7, 11) is 0. The molecule has 2 aliphatic heterocycles. The van der Waals surface area contributed by atoms with Crippen molar-refractivity contribution in [2.24, 2.45) is 11.3 Å². The first-order chi connectivity index (χ1) is 14.7. The normalized spacial score (nSPS) is 19.5. The van der Waals surface area contributed by atoms with Crippen LogP contribution < -0.4 is 4.90 Å². The summed E-state index contributed by atoms with van der Waals surface area (Å²) in [6.07, 6.45) is 1.46. The molecule has 2 aromatic rings. The van der Waals surface area contributed by atoms with Crippen LogP contribution in [0.15, 0.2) is 18.3 Å². The number of hydrogen-bond acceptors (Lipinski definition) is 4. The maximum atomic E-state index is 13.0. The molecule has 0 atom stereocenters. The second kappa shape index (κ2) is 7.24. The Morgan fingerprint density at radius 1 is 1.19 bits per heavy atom. The van der Waals surface area contributed by atoms with E-state index in [2.05, 4.69) is 25.8 Å². The molecule has 3 aliphatic rings. The van der Waals surface area contributed by atoms with Gasteiger partial charge in [-0.05, 0) is 54.0 Å². The van der Waals surface area contributed by atoms with E-state index in [1.807, 2.05) is 9.80 Å². The minimum atomic E-state index is -2.57.